The highest BCUT2D eigenvalue weighted by Gasteiger charge is 2.58. The van der Waals surface area contributed by atoms with Gasteiger partial charge in [0.1, 0.15) is 12.4 Å². The second kappa shape index (κ2) is 9.90. The van der Waals surface area contributed by atoms with Crippen LogP contribution in [0.3, 0.4) is 0 Å². The number of hydrogen-bond donors (Lipinski definition) is 2. The van der Waals surface area contributed by atoms with E-state index in [1.54, 1.807) is 29.2 Å². The molecule has 2 aliphatic heterocycles. The molecule has 5 rings (SSSR count). The van der Waals surface area contributed by atoms with E-state index in [1.807, 2.05) is 6.92 Å². The lowest BCUT2D eigenvalue weighted by Gasteiger charge is -2.31. The third-order valence-corrected chi connectivity index (χ3v) is 8.02. The summed E-state index contributed by atoms with van der Waals surface area (Å²) in [5, 5.41) is 5.14. The van der Waals surface area contributed by atoms with Crippen molar-refractivity contribution in [3.05, 3.63) is 63.9 Å². The summed E-state index contributed by atoms with van der Waals surface area (Å²) in [5.74, 6) is -1.50. The number of hydrogen-bond acceptors (Lipinski definition) is 5. The fraction of sp³-hybridized carbons (Fsp3) is 0.407. The summed E-state index contributed by atoms with van der Waals surface area (Å²) in [4.78, 5) is 54.4. The van der Waals surface area contributed by atoms with E-state index in [4.69, 9.17) is 16.3 Å². The minimum atomic E-state index is -1.49. The average Bonchev–Trinajstić information content (AvgIpc) is 3.56. The van der Waals surface area contributed by atoms with Crippen LogP contribution in [-0.4, -0.2) is 53.4 Å². The maximum atomic E-state index is 13.8. The zero-order chi connectivity index (χ0) is 27.2. The zero-order valence-electron chi connectivity index (χ0n) is 21.1. The molecule has 0 radical (unpaired) electrons. The predicted octanol–water partition coefficient (Wildman–Crippen LogP) is 4.49. The summed E-state index contributed by atoms with van der Waals surface area (Å²) in [5.41, 5.74) is 1.11. The maximum Gasteiger partial charge on any atom is 0.418 e. The minimum Gasteiger partial charge on any atom is -0.427 e. The summed E-state index contributed by atoms with van der Waals surface area (Å²) in [7, 11) is 1.51. The van der Waals surface area contributed by atoms with Crippen LogP contribution >= 0.6 is 11.6 Å². The first-order chi connectivity index (χ1) is 18.2. The van der Waals surface area contributed by atoms with Gasteiger partial charge in [0.2, 0.25) is 11.5 Å². The molecule has 2 saturated heterocycles. The second-order valence-electron chi connectivity index (χ2n) is 9.79. The molecule has 2 aromatic rings. The summed E-state index contributed by atoms with van der Waals surface area (Å²) in [6.07, 6.45) is 1.95. The van der Waals surface area contributed by atoms with Gasteiger partial charge in [-0.05, 0) is 61.1 Å². The molecule has 3 atom stereocenters. The van der Waals surface area contributed by atoms with Crippen LogP contribution in [0.1, 0.15) is 55.3 Å². The van der Waals surface area contributed by atoms with Crippen LogP contribution in [0.4, 0.5) is 19.7 Å². The number of ether oxygens (including phenoxy) is 1. The first kappa shape index (κ1) is 26.0. The smallest absolute Gasteiger partial charge is 0.418 e. The van der Waals surface area contributed by atoms with Crippen molar-refractivity contribution >= 4 is 41.2 Å². The van der Waals surface area contributed by atoms with Crippen molar-refractivity contribution in [3.63, 3.8) is 0 Å². The van der Waals surface area contributed by atoms with E-state index >= 15 is 0 Å². The Hall–Kier alpha value is -3.66. The Bertz CT molecular complexity index is 1340. The monoisotopic (exact) mass is 542 g/mol. The van der Waals surface area contributed by atoms with Gasteiger partial charge in [0.15, 0.2) is 0 Å². The van der Waals surface area contributed by atoms with E-state index in [1.165, 1.54) is 19.2 Å². The van der Waals surface area contributed by atoms with Crippen LogP contribution in [0, 0.1) is 5.82 Å². The molecule has 2 heterocycles. The number of fused-ring (bicyclic) bond motifs is 2. The van der Waals surface area contributed by atoms with Gasteiger partial charge < -0.3 is 20.3 Å². The molecule has 0 unspecified atom stereocenters. The number of anilines is 1. The Kier molecular flexibility index (Phi) is 6.77. The van der Waals surface area contributed by atoms with E-state index in [-0.39, 0.29) is 35.5 Å². The third-order valence-electron chi connectivity index (χ3n) is 7.73. The molecule has 11 heteroatoms. The number of halogens is 2. The lowest BCUT2D eigenvalue weighted by Crippen LogP contribution is -2.46. The fourth-order valence-electron chi connectivity index (χ4n) is 5.85. The summed E-state index contributed by atoms with van der Waals surface area (Å²) < 4.78 is 19.4. The number of amides is 5. The quantitative estimate of drug-likeness (QED) is 0.578. The Balaban J connectivity index is 1.37. The molecule has 0 bridgehead atoms. The number of nitrogens with zero attached hydrogens (tertiary/aromatic N) is 2. The SMILES string of the molecule is CC[C@H]1CC[C@@H](c2ccc(F)c(Cl)c2)N1C(=O)CN1C(=O)O[C@@]2(CCc3cc(NC(=O)NC)ccc32)C1=O. The van der Waals surface area contributed by atoms with Crippen LogP contribution < -0.4 is 10.6 Å². The Morgan fingerprint density at radius 1 is 1.18 bits per heavy atom. The van der Waals surface area contributed by atoms with Gasteiger partial charge in [-0.3, -0.25) is 9.59 Å². The van der Waals surface area contributed by atoms with Gasteiger partial charge in [-0.2, -0.15) is 0 Å². The number of likely N-dealkylation sites (tertiary alicyclic amines) is 1. The van der Waals surface area contributed by atoms with Crippen LogP contribution in [0.5, 0.6) is 0 Å². The predicted molar refractivity (Wildman–Crippen MR) is 137 cm³/mol. The molecule has 2 fully saturated rings. The number of nitrogens with one attached hydrogen (secondary N) is 2. The van der Waals surface area contributed by atoms with E-state index < -0.39 is 30.0 Å². The highest BCUT2D eigenvalue weighted by atomic mass is 35.5. The Morgan fingerprint density at radius 2 is 1.97 bits per heavy atom. The maximum absolute atomic E-state index is 13.8. The van der Waals surface area contributed by atoms with Gasteiger partial charge in [-0.15, -0.1) is 0 Å². The summed E-state index contributed by atoms with van der Waals surface area (Å²) >= 11 is 6.00. The van der Waals surface area contributed by atoms with Crippen molar-refractivity contribution in [2.75, 3.05) is 18.9 Å². The molecule has 1 spiro atoms. The van der Waals surface area contributed by atoms with E-state index in [0.717, 1.165) is 16.9 Å². The molecular formula is C27H28ClFN4O5. The average molecular weight is 543 g/mol. The minimum absolute atomic E-state index is 0.0244. The van der Waals surface area contributed by atoms with E-state index in [0.29, 0.717) is 36.1 Å². The molecular weight excluding hydrogens is 515 g/mol. The summed E-state index contributed by atoms with van der Waals surface area (Å²) in [6, 6.07) is 8.67. The Morgan fingerprint density at radius 3 is 2.68 bits per heavy atom. The van der Waals surface area contributed by atoms with Gasteiger partial charge >= 0.3 is 12.1 Å². The summed E-state index contributed by atoms with van der Waals surface area (Å²) in [6.45, 7) is 1.52. The molecule has 38 heavy (non-hydrogen) atoms. The van der Waals surface area contributed by atoms with Gasteiger partial charge in [0.25, 0.3) is 5.91 Å². The number of aryl methyl sites for hydroxylation is 1. The molecule has 1 aliphatic carbocycles. The van der Waals surface area contributed by atoms with Crippen molar-refractivity contribution in [1.82, 2.24) is 15.1 Å². The van der Waals surface area contributed by atoms with Crippen LogP contribution in [0.25, 0.3) is 0 Å². The normalized spacial score (nSPS) is 24.1. The number of carbonyl (C=O) groups is 4. The number of imide groups is 1. The molecule has 3 aliphatic rings. The van der Waals surface area contributed by atoms with Gasteiger partial charge in [0.05, 0.1) is 11.1 Å². The molecule has 0 aromatic heterocycles. The van der Waals surface area contributed by atoms with Crippen LogP contribution in [-0.2, 0) is 26.3 Å². The molecule has 2 aromatic carbocycles. The van der Waals surface area contributed by atoms with E-state index in [9.17, 15) is 23.6 Å². The molecule has 5 amide bonds. The number of benzene rings is 2. The zero-order valence-corrected chi connectivity index (χ0v) is 21.8. The molecule has 200 valence electrons. The van der Waals surface area contributed by atoms with Crippen molar-refractivity contribution in [1.29, 1.82) is 0 Å². The first-order valence-electron chi connectivity index (χ1n) is 12.6. The Labute approximate surface area is 224 Å². The molecule has 2 N–H and O–H groups in total. The van der Waals surface area contributed by atoms with E-state index in [2.05, 4.69) is 10.6 Å². The highest BCUT2D eigenvalue weighted by molar-refractivity contribution is 6.30. The lowest BCUT2D eigenvalue weighted by atomic mass is 9.94. The third kappa shape index (κ3) is 4.26. The standard InChI is InChI=1S/C27H28ClFN4O5/c1-3-18-6-9-22(16-4-8-21(29)20(28)13-16)33(18)23(34)14-32-24(35)27(38-26(32)37)11-10-15-12-17(5-7-19(15)27)31-25(36)30-2/h4-5,7-8,12-13,18,22H,3,6,9-11,14H2,1-2H3,(H2,30,31,36)/t18-,22-,27+/m0/s1. The number of carbonyl (C=O) groups excluding carboxylic acids is 4. The topological polar surface area (TPSA) is 108 Å². The van der Waals surface area contributed by atoms with Gasteiger partial charge in [0, 0.05) is 30.8 Å². The van der Waals surface area contributed by atoms with Crippen LogP contribution in [0.2, 0.25) is 5.02 Å². The van der Waals surface area contributed by atoms with Crippen LogP contribution in [0.15, 0.2) is 36.4 Å². The number of rotatable bonds is 5. The molecule has 0 saturated carbocycles. The second-order valence-corrected chi connectivity index (χ2v) is 10.2. The number of urea groups is 1. The first-order valence-corrected chi connectivity index (χ1v) is 13.0. The largest absolute Gasteiger partial charge is 0.427 e. The van der Waals surface area contributed by atoms with Gasteiger partial charge in [-0.25, -0.2) is 18.9 Å². The van der Waals surface area contributed by atoms with Crippen molar-refractivity contribution in [3.8, 4) is 0 Å². The highest BCUT2D eigenvalue weighted by Crippen LogP contribution is 2.46. The van der Waals surface area contributed by atoms with Gasteiger partial charge in [-0.1, -0.05) is 30.7 Å². The lowest BCUT2D eigenvalue weighted by molar-refractivity contribution is -0.143. The van der Waals surface area contributed by atoms with Crippen molar-refractivity contribution < 1.29 is 28.3 Å². The van der Waals surface area contributed by atoms with Crippen molar-refractivity contribution in [2.45, 2.75) is 56.7 Å². The fourth-order valence-corrected chi connectivity index (χ4v) is 6.04. The van der Waals surface area contributed by atoms with Crippen molar-refractivity contribution in [2.24, 2.45) is 0 Å². The molecule has 9 nitrogen and oxygen atoms in total.